The molecule has 120 valence electrons. The molecule has 1 aromatic carbocycles. The van der Waals surface area contributed by atoms with Gasteiger partial charge in [-0.3, -0.25) is 4.99 Å². The molecule has 0 unspecified atom stereocenters. The number of nitrogens with zero attached hydrogens (tertiary/aromatic N) is 1. The largest absolute Gasteiger partial charge is 0.380 e. The molecule has 0 atom stereocenters. The van der Waals surface area contributed by atoms with Crippen LogP contribution in [0.2, 0.25) is 0 Å². The van der Waals surface area contributed by atoms with E-state index in [-0.39, 0.29) is 48.0 Å². The van der Waals surface area contributed by atoms with Crippen LogP contribution in [0, 0.1) is 0 Å². The number of guanidine groups is 1. The molecule has 0 radical (unpaired) electrons. The number of nitrogens with two attached hydrogens (primary N) is 1. The number of benzene rings is 1. The Kier molecular flexibility index (Phi) is 9.54. The Morgan fingerprint density at radius 3 is 2.67 bits per heavy atom. The van der Waals surface area contributed by atoms with E-state index in [1.807, 2.05) is 24.3 Å². The molecule has 0 aliphatic rings. The van der Waals surface area contributed by atoms with Crippen LogP contribution in [0.4, 0.5) is 5.69 Å². The highest BCUT2D eigenvalue weighted by Gasteiger charge is 2.06. The van der Waals surface area contributed by atoms with Crippen LogP contribution in [0.5, 0.6) is 0 Å². The number of nitrogens with one attached hydrogen (secondary N) is 1. The van der Waals surface area contributed by atoms with Crippen LogP contribution >= 0.6 is 24.0 Å². The van der Waals surface area contributed by atoms with Gasteiger partial charge in [0.25, 0.3) is 0 Å². The highest BCUT2D eigenvalue weighted by Crippen LogP contribution is 2.15. The van der Waals surface area contributed by atoms with Crippen molar-refractivity contribution >= 4 is 45.5 Å². The Bertz CT molecular complexity index is 562. The molecule has 21 heavy (non-hydrogen) atoms. The van der Waals surface area contributed by atoms with Gasteiger partial charge in [-0.1, -0.05) is 25.1 Å². The zero-order valence-electron chi connectivity index (χ0n) is 12.2. The Morgan fingerprint density at radius 2 is 2.05 bits per heavy atom. The molecule has 6 nitrogen and oxygen atoms in total. The lowest BCUT2D eigenvalue weighted by atomic mass is 10.2. The zero-order valence-corrected chi connectivity index (χ0v) is 15.4. The second-order valence-corrected chi connectivity index (χ2v) is 6.69. The molecule has 0 aliphatic carbocycles. The van der Waals surface area contributed by atoms with Crippen molar-refractivity contribution in [3.63, 3.8) is 0 Å². The van der Waals surface area contributed by atoms with Gasteiger partial charge in [-0.05, 0) is 6.07 Å². The Morgan fingerprint density at radius 1 is 1.38 bits per heavy atom. The number of anilines is 1. The Labute approximate surface area is 143 Å². The first-order chi connectivity index (χ1) is 9.48. The van der Waals surface area contributed by atoms with Crippen molar-refractivity contribution in [1.82, 2.24) is 0 Å². The highest BCUT2D eigenvalue weighted by atomic mass is 127. The summed E-state index contributed by atoms with van der Waals surface area (Å²) in [5.74, 6) is 0.317. The summed E-state index contributed by atoms with van der Waals surface area (Å²) < 4.78 is 27.8. The van der Waals surface area contributed by atoms with Gasteiger partial charge in [0.15, 0.2) is 15.8 Å². The van der Waals surface area contributed by atoms with Crippen molar-refractivity contribution in [3.05, 3.63) is 29.8 Å². The molecule has 8 heteroatoms. The van der Waals surface area contributed by atoms with Crippen molar-refractivity contribution in [2.45, 2.75) is 13.5 Å². The summed E-state index contributed by atoms with van der Waals surface area (Å²) >= 11 is 0. The van der Waals surface area contributed by atoms with E-state index in [0.29, 0.717) is 6.61 Å². The van der Waals surface area contributed by atoms with Gasteiger partial charge in [0, 0.05) is 24.1 Å². The van der Waals surface area contributed by atoms with E-state index in [2.05, 4.69) is 10.3 Å². The van der Waals surface area contributed by atoms with Crippen LogP contribution in [0.1, 0.15) is 12.5 Å². The average molecular weight is 427 g/mol. The van der Waals surface area contributed by atoms with E-state index >= 15 is 0 Å². The van der Waals surface area contributed by atoms with Crippen LogP contribution in [-0.4, -0.2) is 39.5 Å². The quantitative estimate of drug-likeness (QED) is 0.392. The van der Waals surface area contributed by atoms with Crippen molar-refractivity contribution in [3.8, 4) is 0 Å². The number of para-hydroxylation sites is 1. The lowest BCUT2D eigenvalue weighted by Crippen LogP contribution is -2.24. The molecular weight excluding hydrogens is 405 g/mol. The predicted molar refractivity (Wildman–Crippen MR) is 97.0 cm³/mol. The van der Waals surface area contributed by atoms with E-state index in [0.717, 1.165) is 11.3 Å². The van der Waals surface area contributed by atoms with Gasteiger partial charge in [0.2, 0.25) is 0 Å². The normalized spacial score (nSPS) is 11.8. The molecule has 1 aromatic rings. The van der Waals surface area contributed by atoms with E-state index in [9.17, 15) is 8.42 Å². The third-order valence-electron chi connectivity index (χ3n) is 2.70. The van der Waals surface area contributed by atoms with Crippen LogP contribution in [-0.2, 0) is 21.2 Å². The molecule has 0 bridgehead atoms. The molecule has 0 saturated carbocycles. The van der Waals surface area contributed by atoms with Crippen molar-refractivity contribution < 1.29 is 13.2 Å². The molecule has 1 rings (SSSR count). The fourth-order valence-electron chi connectivity index (χ4n) is 1.55. The molecule has 0 aliphatic heterocycles. The number of halogens is 1. The first kappa shape index (κ1) is 20.1. The summed E-state index contributed by atoms with van der Waals surface area (Å²) in [5.41, 5.74) is 7.50. The number of ether oxygens (including phenoxy) is 1. The molecule has 0 saturated heterocycles. The fraction of sp³-hybridized carbons (Fsp3) is 0.462. The van der Waals surface area contributed by atoms with E-state index in [1.54, 1.807) is 14.0 Å². The van der Waals surface area contributed by atoms with Gasteiger partial charge in [-0.15, -0.1) is 24.0 Å². The SMILES string of the molecule is CCS(=O)(=O)CCN=C(N)Nc1ccccc1COC.I. The first-order valence-corrected chi connectivity index (χ1v) is 8.15. The van der Waals surface area contributed by atoms with E-state index in [4.69, 9.17) is 10.5 Å². The summed E-state index contributed by atoms with van der Waals surface area (Å²) in [6.07, 6.45) is 0. The van der Waals surface area contributed by atoms with Gasteiger partial charge < -0.3 is 15.8 Å². The number of sulfone groups is 1. The van der Waals surface area contributed by atoms with Crippen molar-refractivity contribution in [1.29, 1.82) is 0 Å². The topological polar surface area (TPSA) is 93.8 Å². The van der Waals surface area contributed by atoms with Crippen LogP contribution < -0.4 is 11.1 Å². The standard InChI is InChI=1S/C13H21N3O3S.HI/c1-3-20(17,18)9-8-15-13(14)16-12-7-5-4-6-11(12)10-19-2;/h4-7H,3,8-10H2,1-2H3,(H3,14,15,16);1H. The monoisotopic (exact) mass is 427 g/mol. The second kappa shape index (κ2) is 9.96. The maximum atomic E-state index is 11.3. The minimum atomic E-state index is -3.02. The molecule has 0 aromatic heterocycles. The summed E-state index contributed by atoms with van der Waals surface area (Å²) in [6, 6.07) is 7.55. The summed E-state index contributed by atoms with van der Waals surface area (Å²) in [7, 11) is -1.40. The van der Waals surface area contributed by atoms with Gasteiger partial charge in [0.1, 0.15) is 0 Å². The molecule has 0 spiro atoms. The minimum Gasteiger partial charge on any atom is -0.380 e. The number of rotatable bonds is 7. The second-order valence-electron chi connectivity index (χ2n) is 4.22. The van der Waals surface area contributed by atoms with Gasteiger partial charge >= 0.3 is 0 Å². The first-order valence-electron chi connectivity index (χ1n) is 6.32. The fourth-order valence-corrected chi connectivity index (χ4v) is 2.21. The van der Waals surface area contributed by atoms with Gasteiger partial charge in [-0.2, -0.15) is 0 Å². The zero-order chi connectivity index (χ0) is 15.0. The average Bonchev–Trinajstić information content (AvgIpc) is 2.41. The number of hydrogen-bond acceptors (Lipinski definition) is 4. The number of hydrogen-bond donors (Lipinski definition) is 2. The Balaban J connectivity index is 0.00000400. The van der Waals surface area contributed by atoms with E-state index in [1.165, 1.54) is 0 Å². The van der Waals surface area contributed by atoms with Crippen LogP contribution in [0.15, 0.2) is 29.3 Å². The summed E-state index contributed by atoms with van der Waals surface area (Å²) in [5, 5.41) is 2.95. The van der Waals surface area contributed by atoms with Crippen molar-refractivity contribution in [2.24, 2.45) is 10.7 Å². The summed E-state index contributed by atoms with van der Waals surface area (Å²) in [4.78, 5) is 4.02. The van der Waals surface area contributed by atoms with Gasteiger partial charge in [-0.25, -0.2) is 8.42 Å². The van der Waals surface area contributed by atoms with E-state index < -0.39 is 9.84 Å². The van der Waals surface area contributed by atoms with Crippen molar-refractivity contribution in [2.75, 3.05) is 30.5 Å². The third kappa shape index (κ3) is 7.63. The Hall–Kier alpha value is -0.870. The van der Waals surface area contributed by atoms with Crippen LogP contribution in [0.3, 0.4) is 0 Å². The lowest BCUT2D eigenvalue weighted by molar-refractivity contribution is 0.185. The lowest BCUT2D eigenvalue weighted by Gasteiger charge is -2.10. The third-order valence-corrected chi connectivity index (χ3v) is 4.39. The number of aliphatic imine (C=N–C) groups is 1. The molecule has 3 N–H and O–H groups in total. The molecule has 0 heterocycles. The maximum Gasteiger partial charge on any atom is 0.193 e. The maximum absolute atomic E-state index is 11.3. The molecular formula is C13H22IN3O3S. The number of methoxy groups -OCH3 is 1. The summed E-state index contributed by atoms with van der Waals surface area (Å²) in [6.45, 7) is 2.23. The minimum absolute atomic E-state index is 0. The highest BCUT2D eigenvalue weighted by molar-refractivity contribution is 14.0. The molecule has 0 amide bonds. The molecule has 0 fully saturated rings. The van der Waals surface area contributed by atoms with Gasteiger partial charge in [0.05, 0.1) is 18.9 Å². The predicted octanol–water partition coefficient (Wildman–Crippen LogP) is 1.61. The van der Waals surface area contributed by atoms with Crippen LogP contribution in [0.25, 0.3) is 0 Å². The smallest absolute Gasteiger partial charge is 0.193 e.